The van der Waals surface area contributed by atoms with Gasteiger partial charge in [0.1, 0.15) is 5.60 Å². The molecule has 5 nitrogen and oxygen atoms in total. The van der Waals surface area contributed by atoms with Gasteiger partial charge in [-0.05, 0) is 64.2 Å². The summed E-state index contributed by atoms with van der Waals surface area (Å²) in [4.78, 5) is 26.6. The smallest absolute Gasteiger partial charge is 0.407 e. The number of carbonyl (C=O) groups excluding carboxylic acids is 2. The minimum Gasteiger partial charge on any atom is -0.444 e. The van der Waals surface area contributed by atoms with Crippen molar-refractivity contribution in [3.05, 3.63) is 34.9 Å². The Hall–Kier alpha value is -1.75. The van der Waals surface area contributed by atoms with Crippen LogP contribution in [0.15, 0.2) is 24.3 Å². The second-order valence-electron chi connectivity index (χ2n) is 8.69. The van der Waals surface area contributed by atoms with Crippen LogP contribution in [0.1, 0.15) is 57.9 Å². The second kappa shape index (κ2) is 8.09. The molecule has 2 fully saturated rings. The first-order chi connectivity index (χ1) is 12.7. The summed E-state index contributed by atoms with van der Waals surface area (Å²) < 4.78 is 5.31. The third-order valence-corrected chi connectivity index (χ3v) is 5.58. The lowest BCUT2D eigenvalue weighted by molar-refractivity contribution is -0.141. The van der Waals surface area contributed by atoms with Gasteiger partial charge in [0.2, 0.25) is 5.91 Å². The Morgan fingerprint density at radius 1 is 1.07 bits per heavy atom. The van der Waals surface area contributed by atoms with Crippen molar-refractivity contribution in [2.24, 2.45) is 5.92 Å². The number of nitrogens with one attached hydrogen (secondary N) is 1. The van der Waals surface area contributed by atoms with Gasteiger partial charge in [0, 0.05) is 36.0 Å². The quantitative estimate of drug-likeness (QED) is 0.831. The Balaban J connectivity index is 1.40. The van der Waals surface area contributed by atoms with Gasteiger partial charge in [0.15, 0.2) is 0 Å². The van der Waals surface area contributed by atoms with Crippen LogP contribution >= 0.6 is 11.6 Å². The molecule has 0 bridgehead atoms. The van der Waals surface area contributed by atoms with Crippen LogP contribution in [0.5, 0.6) is 0 Å². The Bertz CT molecular complexity index is 670. The van der Waals surface area contributed by atoms with Gasteiger partial charge in [0.05, 0.1) is 0 Å². The minimum absolute atomic E-state index is 0.0767. The zero-order valence-electron chi connectivity index (χ0n) is 16.3. The van der Waals surface area contributed by atoms with E-state index in [1.165, 1.54) is 5.56 Å². The van der Waals surface area contributed by atoms with Gasteiger partial charge < -0.3 is 15.0 Å². The van der Waals surface area contributed by atoms with E-state index in [2.05, 4.69) is 5.32 Å². The van der Waals surface area contributed by atoms with E-state index < -0.39 is 5.60 Å². The number of amides is 2. The highest BCUT2D eigenvalue weighted by molar-refractivity contribution is 6.30. The molecule has 1 aromatic carbocycles. The van der Waals surface area contributed by atoms with Crippen molar-refractivity contribution in [1.82, 2.24) is 10.2 Å². The molecule has 1 aromatic rings. The van der Waals surface area contributed by atoms with Crippen molar-refractivity contribution in [2.75, 3.05) is 13.1 Å². The van der Waals surface area contributed by atoms with Crippen molar-refractivity contribution >= 4 is 23.6 Å². The largest absolute Gasteiger partial charge is 0.444 e. The fraction of sp³-hybridized carbons (Fsp3) is 0.619. The van der Waals surface area contributed by atoms with Crippen molar-refractivity contribution in [1.29, 1.82) is 0 Å². The van der Waals surface area contributed by atoms with Gasteiger partial charge in [-0.25, -0.2) is 4.79 Å². The van der Waals surface area contributed by atoms with Crippen LogP contribution < -0.4 is 5.32 Å². The normalized spacial score (nSPS) is 23.5. The fourth-order valence-corrected chi connectivity index (χ4v) is 3.95. The van der Waals surface area contributed by atoms with Gasteiger partial charge in [-0.1, -0.05) is 23.7 Å². The monoisotopic (exact) mass is 392 g/mol. The van der Waals surface area contributed by atoms with Crippen LogP contribution in [0.25, 0.3) is 0 Å². The lowest BCUT2D eigenvalue weighted by atomic mass is 9.83. The summed E-state index contributed by atoms with van der Waals surface area (Å²) in [7, 11) is 0. The number of rotatable bonds is 3. The summed E-state index contributed by atoms with van der Waals surface area (Å²) in [5.74, 6) is 0.750. The van der Waals surface area contributed by atoms with E-state index in [0.717, 1.165) is 43.8 Å². The predicted octanol–water partition coefficient (Wildman–Crippen LogP) is 4.35. The van der Waals surface area contributed by atoms with E-state index in [0.29, 0.717) is 5.92 Å². The Morgan fingerprint density at radius 2 is 1.67 bits per heavy atom. The lowest BCUT2D eigenvalue weighted by Crippen LogP contribution is -2.51. The van der Waals surface area contributed by atoms with Crippen molar-refractivity contribution in [3.63, 3.8) is 0 Å². The summed E-state index contributed by atoms with van der Waals surface area (Å²) in [5, 5.41) is 3.67. The summed E-state index contributed by atoms with van der Waals surface area (Å²) in [5.41, 5.74) is 0.753. The summed E-state index contributed by atoms with van der Waals surface area (Å²) >= 11 is 5.93. The topological polar surface area (TPSA) is 58.6 Å². The van der Waals surface area contributed by atoms with Crippen LogP contribution in [-0.2, 0) is 9.53 Å². The second-order valence-corrected chi connectivity index (χ2v) is 9.12. The number of hydrogen-bond acceptors (Lipinski definition) is 3. The molecule has 0 spiro atoms. The van der Waals surface area contributed by atoms with Gasteiger partial charge in [-0.2, -0.15) is 0 Å². The molecule has 2 aliphatic rings. The minimum atomic E-state index is -0.491. The first-order valence-electron chi connectivity index (χ1n) is 9.75. The predicted molar refractivity (Wildman–Crippen MR) is 106 cm³/mol. The van der Waals surface area contributed by atoms with E-state index in [1.807, 2.05) is 49.9 Å². The summed E-state index contributed by atoms with van der Waals surface area (Å²) in [6.45, 7) is 7.14. The molecule has 148 valence electrons. The van der Waals surface area contributed by atoms with Gasteiger partial charge >= 0.3 is 6.09 Å². The van der Waals surface area contributed by atoms with Crippen LogP contribution in [-0.4, -0.2) is 41.6 Å². The van der Waals surface area contributed by atoms with Crippen LogP contribution in [0, 0.1) is 5.92 Å². The number of likely N-dealkylation sites (tertiary alicyclic amines) is 1. The highest BCUT2D eigenvalue weighted by atomic mass is 35.5. The molecule has 6 heteroatoms. The molecule has 0 atom stereocenters. The van der Waals surface area contributed by atoms with E-state index in [4.69, 9.17) is 16.3 Å². The maximum absolute atomic E-state index is 12.7. The number of hydrogen-bond donors (Lipinski definition) is 1. The number of benzene rings is 1. The van der Waals surface area contributed by atoms with Gasteiger partial charge in [-0.15, -0.1) is 0 Å². The molecular weight excluding hydrogens is 364 g/mol. The molecule has 0 unspecified atom stereocenters. The molecule has 2 amide bonds. The zero-order chi connectivity index (χ0) is 19.6. The molecule has 1 heterocycles. The first kappa shape index (κ1) is 20.0. The molecule has 1 aliphatic heterocycles. The van der Waals surface area contributed by atoms with Crippen molar-refractivity contribution in [3.8, 4) is 0 Å². The first-order valence-corrected chi connectivity index (χ1v) is 10.1. The highest BCUT2D eigenvalue weighted by Crippen LogP contribution is 2.32. The molecule has 0 aromatic heterocycles. The van der Waals surface area contributed by atoms with Crippen LogP contribution in [0.3, 0.4) is 0 Å². The summed E-state index contributed by atoms with van der Waals surface area (Å²) in [6.07, 6.45) is 2.92. The number of alkyl carbamates (subject to hydrolysis) is 1. The van der Waals surface area contributed by atoms with E-state index in [-0.39, 0.29) is 24.0 Å². The van der Waals surface area contributed by atoms with E-state index in [9.17, 15) is 9.59 Å². The fourth-order valence-electron chi connectivity index (χ4n) is 3.82. The Morgan fingerprint density at radius 3 is 2.22 bits per heavy atom. The molecule has 0 radical (unpaired) electrons. The number of nitrogens with zero attached hydrogens (tertiary/aromatic N) is 1. The zero-order valence-corrected chi connectivity index (χ0v) is 17.1. The SMILES string of the molecule is CC(C)(C)OC(=O)N[C@H]1CC[C@H](C(=O)N2CC(c3ccc(Cl)cc3)C2)CC1. The number of halogens is 1. The average Bonchev–Trinajstić information content (AvgIpc) is 2.54. The number of ether oxygens (including phenoxy) is 1. The Kier molecular flexibility index (Phi) is 5.99. The molecule has 27 heavy (non-hydrogen) atoms. The van der Waals surface area contributed by atoms with Crippen molar-refractivity contribution in [2.45, 2.75) is 64.0 Å². The molecular formula is C21H29ClN2O3. The third-order valence-electron chi connectivity index (χ3n) is 5.33. The lowest BCUT2D eigenvalue weighted by Gasteiger charge is -2.42. The summed E-state index contributed by atoms with van der Waals surface area (Å²) in [6, 6.07) is 7.99. The molecule has 1 aliphatic carbocycles. The molecule has 3 rings (SSSR count). The third kappa shape index (κ3) is 5.38. The van der Waals surface area contributed by atoms with Gasteiger partial charge in [0.25, 0.3) is 0 Å². The standard InChI is InChI=1S/C21H29ClN2O3/c1-21(2,3)27-20(26)23-18-10-6-15(7-11-18)19(25)24-12-16(13-24)14-4-8-17(22)9-5-14/h4-5,8-9,15-16,18H,6-7,10-13H2,1-3H3,(H,23,26)/t15-,18-. The molecule has 1 N–H and O–H groups in total. The number of carbonyl (C=O) groups is 2. The van der Waals surface area contributed by atoms with Crippen LogP contribution in [0.2, 0.25) is 5.02 Å². The van der Waals surface area contributed by atoms with E-state index in [1.54, 1.807) is 0 Å². The van der Waals surface area contributed by atoms with Gasteiger partial charge in [-0.3, -0.25) is 4.79 Å². The maximum atomic E-state index is 12.7. The molecule has 1 saturated heterocycles. The Labute approximate surface area is 166 Å². The maximum Gasteiger partial charge on any atom is 0.407 e. The molecule has 1 saturated carbocycles. The average molecular weight is 393 g/mol. The van der Waals surface area contributed by atoms with Crippen molar-refractivity contribution < 1.29 is 14.3 Å². The van der Waals surface area contributed by atoms with E-state index >= 15 is 0 Å². The highest BCUT2D eigenvalue weighted by Gasteiger charge is 2.37. The van der Waals surface area contributed by atoms with Crippen LogP contribution in [0.4, 0.5) is 4.79 Å².